The fourth-order valence-electron chi connectivity index (χ4n) is 0.876. The van der Waals surface area contributed by atoms with Crippen LogP contribution < -0.4 is 4.74 Å². The average molecular weight is 196 g/mol. The number of halogens is 1. The van der Waals surface area contributed by atoms with Crippen LogP contribution in [0, 0.1) is 5.82 Å². The molecule has 0 radical (unpaired) electrons. The first-order chi connectivity index (χ1) is 6.81. The molecule has 0 aromatic carbocycles. The Morgan fingerprint density at radius 3 is 3.00 bits per heavy atom. The van der Waals surface area contributed by atoms with E-state index in [1.807, 2.05) is 0 Å². The highest BCUT2D eigenvalue weighted by Crippen LogP contribution is 2.18. The summed E-state index contributed by atoms with van der Waals surface area (Å²) in [4.78, 5) is 7.30. The van der Waals surface area contributed by atoms with Crippen LogP contribution in [-0.4, -0.2) is 27.3 Å². The van der Waals surface area contributed by atoms with Crippen molar-refractivity contribution in [3.8, 4) is 17.6 Å². The first-order valence-electron chi connectivity index (χ1n) is 3.64. The number of rotatable bonds is 2. The van der Waals surface area contributed by atoms with E-state index in [0.29, 0.717) is 0 Å². The van der Waals surface area contributed by atoms with Crippen molar-refractivity contribution < 1.29 is 13.5 Å². The Labute approximate surface area is 77.8 Å². The Morgan fingerprint density at radius 1 is 1.50 bits per heavy atom. The van der Waals surface area contributed by atoms with Crippen molar-refractivity contribution in [2.75, 3.05) is 7.11 Å². The lowest BCUT2D eigenvalue weighted by Crippen LogP contribution is -1.97. The third kappa shape index (κ3) is 1.39. The summed E-state index contributed by atoms with van der Waals surface area (Å²) in [6, 6.07) is 0.0413. The van der Waals surface area contributed by atoms with Crippen molar-refractivity contribution in [2.45, 2.75) is 0 Å². The number of aromatic nitrogens is 4. The lowest BCUT2D eigenvalue weighted by Gasteiger charge is -1.99. The summed E-state index contributed by atoms with van der Waals surface area (Å²) in [5.41, 5.74) is -0.0747. The lowest BCUT2D eigenvalue weighted by molar-refractivity contribution is 0.376. The minimum absolute atomic E-state index is 0.0109. The standard InChI is InChI=1S/C7H5FN4O2/c1-13-7-9-2-4(8)5(11-7)6-12-10-3-14-6/h2-3H,1H3. The Morgan fingerprint density at radius 2 is 2.36 bits per heavy atom. The van der Waals surface area contributed by atoms with Gasteiger partial charge in [-0.1, -0.05) is 0 Å². The van der Waals surface area contributed by atoms with Crippen LogP contribution in [0.5, 0.6) is 6.01 Å². The maximum absolute atomic E-state index is 13.2. The molecular formula is C7H5FN4O2. The van der Waals surface area contributed by atoms with Crippen molar-refractivity contribution in [1.29, 1.82) is 0 Å². The molecule has 2 aromatic rings. The van der Waals surface area contributed by atoms with E-state index in [1.54, 1.807) is 0 Å². The molecule has 2 heterocycles. The van der Waals surface area contributed by atoms with Gasteiger partial charge in [-0.3, -0.25) is 0 Å². The molecule has 14 heavy (non-hydrogen) atoms. The van der Waals surface area contributed by atoms with Gasteiger partial charge in [-0.05, 0) is 0 Å². The van der Waals surface area contributed by atoms with Gasteiger partial charge in [0.05, 0.1) is 13.3 Å². The summed E-state index contributed by atoms with van der Waals surface area (Å²) in [7, 11) is 1.38. The highest BCUT2D eigenvalue weighted by Gasteiger charge is 2.13. The summed E-state index contributed by atoms with van der Waals surface area (Å²) < 4.78 is 22.7. The second kappa shape index (κ2) is 3.36. The Balaban J connectivity index is 2.51. The molecule has 2 aromatic heterocycles. The summed E-state index contributed by atoms with van der Waals surface area (Å²) in [6.45, 7) is 0. The molecule has 0 atom stereocenters. The molecular weight excluding hydrogens is 191 g/mol. The number of methoxy groups -OCH3 is 1. The maximum Gasteiger partial charge on any atom is 0.316 e. The third-order valence-corrected chi connectivity index (χ3v) is 1.47. The summed E-state index contributed by atoms with van der Waals surface area (Å²) in [5.74, 6) is -0.654. The highest BCUT2D eigenvalue weighted by atomic mass is 19.1. The molecule has 0 aliphatic rings. The smallest absolute Gasteiger partial charge is 0.316 e. The van der Waals surface area contributed by atoms with Crippen LogP contribution in [-0.2, 0) is 0 Å². The van der Waals surface area contributed by atoms with Crippen LogP contribution in [0.3, 0.4) is 0 Å². The predicted molar refractivity (Wildman–Crippen MR) is 41.8 cm³/mol. The van der Waals surface area contributed by atoms with Crippen molar-refractivity contribution in [2.24, 2.45) is 0 Å². The van der Waals surface area contributed by atoms with E-state index in [0.717, 1.165) is 12.6 Å². The number of ether oxygens (including phenoxy) is 1. The monoisotopic (exact) mass is 196 g/mol. The van der Waals surface area contributed by atoms with Crippen LogP contribution in [0.15, 0.2) is 17.0 Å². The first kappa shape index (κ1) is 8.54. The van der Waals surface area contributed by atoms with Crippen molar-refractivity contribution in [3.05, 3.63) is 18.4 Å². The molecule has 0 amide bonds. The molecule has 0 aliphatic heterocycles. The Kier molecular flexibility index (Phi) is 2.05. The molecule has 0 saturated heterocycles. The van der Waals surface area contributed by atoms with Gasteiger partial charge >= 0.3 is 6.01 Å². The molecule has 0 N–H and O–H groups in total. The van der Waals surface area contributed by atoms with Gasteiger partial charge in [-0.15, -0.1) is 10.2 Å². The summed E-state index contributed by atoms with van der Waals surface area (Å²) in [6.07, 6.45) is 2.06. The maximum atomic E-state index is 13.2. The van der Waals surface area contributed by atoms with Crippen molar-refractivity contribution in [1.82, 2.24) is 20.2 Å². The molecule has 6 nitrogen and oxygen atoms in total. The van der Waals surface area contributed by atoms with Crippen LogP contribution >= 0.6 is 0 Å². The van der Waals surface area contributed by atoms with Gasteiger partial charge in [0.2, 0.25) is 6.39 Å². The first-order valence-corrected chi connectivity index (χ1v) is 3.64. The van der Waals surface area contributed by atoms with Gasteiger partial charge < -0.3 is 9.15 Å². The van der Waals surface area contributed by atoms with Crippen LogP contribution in [0.1, 0.15) is 0 Å². The molecule has 0 unspecified atom stereocenters. The van der Waals surface area contributed by atoms with Crippen LogP contribution in [0.4, 0.5) is 4.39 Å². The highest BCUT2D eigenvalue weighted by molar-refractivity contribution is 5.46. The number of nitrogens with zero attached hydrogens (tertiary/aromatic N) is 4. The van der Waals surface area contributed by atoms with E-state index in [-0.39, 0.29) is 17.6 Å². The zero-order valence-electron chi connectivity index (χ0n) is 7.14. The van der Waals surface area contributed by atoms with Crippen molar-refractivity contribution in [3.63, 3.8) is 0 Å². The molecule has 0 fully saturated rings. The molecule has 0 bridgehead atoms. The van der Waals surface area contributed by atoms with E-state index in [9.17, 15) is 4.39 Å². The zero-order valence-corrected chi connectivity index (χ0v) is 7.14. The van der Waals surface area contributed by atoms with E-state index in [2.05, 4.69) is 20.2 Å². The minimum atomic E-state index is -0.643. The van der Waals surface area contributed by atoms with Gasteiger partial charge in [-0.2, -0.15) is 4.98 Å². The van der Waals surface area contributed by atoms with Crippen molar-refractivity contribution >= 4 is 0 Å². The molecule has 0 spiro atoms. The molecule has 0 aliphatic carbocycles. The van der Waals surface area contributed by atoms with E-state index < -0.39 is 5.82 Å². The average Bonchev–Trinajstić information content (AvgIpc) is 2.71. The fourth-order valence-corrected chi connectivity index (χ4v) is 0.876. The Bertz CT molecular complexity index is 431. The second-order valence-electron chi connectivity index (χ2n) is 2.30. The van der Waals surface area contributed by atoms with E-state index in [4.69, 9.17) is 9.15 Å². The normalized spacial score (nSPS) is 10.1. The van der Waals surface area contributed by atoms with E-state index >= 15 is 0 Å². The lowest BCUT2D eigenvalue weighted by atomic mass is 10.4. The zero-order chi connectivity index (χ0) is 9.97. The predicted octanol–water partition coefficient (Wildman–Crippen LogP) is 0.674. The van der Waals surface area contributed by atoms with Crippen LogP contribution in [0.25, 0.3) is 11.6 Å². The number of hydrogen-bond acceptors (Lipinski definition) is 6. The third-order valence-electron chi connectivity index (χ3n) is 1.47. The van der Waals surface area contributed by atoms with Gasteiger partial charge in [0, 0.05) is 0 Å². The molecule has 0 saturated carbocycles. The topological polar surface area (TPSA) is 73.9 Å². The SMILES string of the molecule is COc1ncc(F)c(-c2nnco2)n1. The van der Waals surface area contributed by atoms with Gasteiger partial charge in [-0.25, -0.2) is 9.37 Å². The van der Waals surface area contributed by atoms with Gasteiger partial charge in [0.1, 0.15) is 0 Å². The quantitative estimate of drug-likeness (QED) is 0.702. The second-order valence-corrected chi connectivity index (χ2v) is 2.30. The van der Waals surface area contributed by atoms with E-state index in [1.165, 1.54) is 7.11 Å². The largest absolute Gasteiger partial charge is 0.467 e. The van der Waals surface area contributed by atoms with Gasteiger partial charge in [0.15, 0.2) is 11.5 Å². The molecule has 72 valence electrons. The number of hydrogen-bond donors (Lipinski definition) is 0. The van der Waals surface area contributed by atoms with Crippen LogP contribution in [0.2, 0.25) is 0 Å². The van der Waals surface area contributed by atoms with Gasteiger partial charge in [0.25, 0.3) is 5.89 Å². The Hall–Kier alpha value is -2.05. The fraction of sp³-hybridized carbons (Fsp3) is 0.143. The minimum Gasteiger partial charge on any atom is -0.467 e. The molecule has 2 rings (SSSR count). The molecule has 7 heteroatoms. The summed E-state index contributed by atoms with van der Waals surface area (Å²) in [5, 5.41) is 6.93. The summed E-state index contributed by atoms with van der Waals surface area (Å²) >= 11 is 0.